The molecule has 0 radical (unpaired) electrons. The van der Waals surface area contributed by atoms with Crippen LogP contribution in [0.25, 0.3) is 0 Å². The molecule has 1 saturated heterocycles. The average molecular weight is 576 g/mol. The van der Waals surface area contributed by atoms with Crippen LogP contribution in [0.3, 0.4) is 0 Å². The maximum atomic E-state index is 13.8. The molecule has 220 valence electrons. The number of alkyl halides is 6. The topological polar surface area (TPSA) is 52.7 Å². The molecule has 1 N–H and O–H groups in total. The number of carbonyl (C=O) groups is 2. The summed E-state index contributed by atoms with van der Waals surface area (Å²) in [4.78, 5) is 28.6. The third-order valence-electron chi connectivity index (χ3n) is 7.24. The highest BCUT2D eigenvalue weighted by Crippen LogP contribution is 2.37. The maximum Gasteiger partial charge on any atom is 0.416 e. The molecule has 3 rings (SSSR count). The molecule has 0 spiro atoms. The van der Waals surface area contributed by atoms with Gasteiger partial charge in [-0.15, -0.1) is 0 Å². The average Bonchev–Trinajstić information content (AvgIpc) is 2.86. The van der Waals surface area contributed by atoms with Crippen LogP contribution >= 0.6 is 0 Å². The first-order valence-electron chi connectivity index (χ1n) is 12.9. The number of nitrogens with zero attached hydrogens (tertiary/aromatic N) is 2. The Morgan fingerprint density at radius 1 is 1.05 bits per heavy atom. The first-order chi connectivity index (χ1) is 18.5. The number of urea groups is 1. The highest BCUT2D eigenvalue weighted by molar-refractivity contribution is 5.79. The van der Waals surface area contributed by atoms with Gasteiger partial charge >= 0.3 is 18.4 Å². The van der Waals surface area contributed by atoms with E-state index in [1.54, 1.807) is 13.8 Å². The summed E-state index contributed by atoms with van der Waals surface area (Å²) in [5, 5.41) is 2.99. The van der Waals surface area contributed by atoms with Crippen molar-refractivity contribution in [1.29, 1.82) is 0 Å². The molecule has 2 aromatic carbocycles. The van der Waals surface area contributed by atoms with Crippen molar-refractivity contribution in [3.05, 3.63) is 70.0 Å². The Balaban J connectivity index is 1.90. The Bertz CT molecular complexity index is 1200. The number of aryl methyl sites for hydroxylation is 1. The Labute approximate surface area is 228 Å². The lowest BCUT2D eigenvalue weighted by molar-refractivity contribution is -0.143. The lowest BCUT2D eigenvalue weighted by Crippen LogP contribution is -2.51. The van der Waals surface area contributed by atoms with Gasteiger partial charge in [0, 0.05) is 32.1 Å². The molecule has 5 nitrogen and oxygen atoms in total. The zero-order chi connectivity index (χ0) is 30.0. The maximum absolute atomic E-state index is 13.8. The first-order valence-corrected chi connectivity index (χ1v) is 12.9. The van der Waals surface area contributed by atoms with Gasteiger partial charge in [-0.3, -0.25) is 4.79 Å². The number of amides is 3. The molecule has 0 aromatic heterocycles. The molecular formula is C28H32F7N3O2. The van der Waals surface area contributed by atoms with Crippen LogP contribution in [-0.4, -0.2) is 41.4 Å². The second-order valence-corrected chi connectivity index (χ2v) is 10.3. The third kappa shape index (κ3) is 7.45. The predicted molar refractivity (Wildman–Crippen MR) is 135 cm³/mol. The number of piperidine rings is 1. The summed E-state index contributed by atoms with van der Waals surface area (Å²) in [7, 11) is 1.29. The van der Waals surface area contributed by atoms with Crippen molar-refractivity contribution in [2.75, 3.05) is 13.6 Å². The molecule has 0 aliphatic carbocycles. The molecule has 1 aliphatic rings. The Hall–Kier alpha value is -3.31. The summed E-state index contributed by atoms with van der Waals surface area (Å²) < 4.78 is 93.7. The normalized spacial score (nSPS) is 18.8. The van der Waals surface area contributed by atoms with Gasteiger partial charge in [0.15, 0.2) is 0 Å². The van der Waals surface area contributed by atoms with Gasteiger partial charge in [-0.2, -0.15) is 26.3 Å². The highest BCUT2D eigenvalue weighted by atomic mass is 19.4. The van der Waals surface area contributed by atoms with Gasteiger partial charge < -0.3 is 15.1 Å². The highest BCUT2D eigenvalue weighted by Gasteiger charge is 2.38. The molecule has 40 heavy (non-hydrogen) atoms. The number of hydrogen-bond donors (Lipinski definition) is 1. The minimum absolute atomic E-state index is 0.0388. The van der Waals surface area contributed by atoms with Crippen molar-refractivity contribution < 1.29 is 40.3 Å². The number of benzene rings is 2. The summed E-state index contributed by atoms with van der Waals surface area (Å²) in [5.74, 6) is -0.825. The number of hydrogen-bond acceptors (Lipinski definition) is 2. The standard InChI is InChI=1S/C28H32F7N3O2/c1-5-16(2)25(39)36-22-8-9-38(24(14-22)23-7-6-21(29)10-17(23)3)26(40)37(4)15-18-11-19(27(30,31)32)13-20(12-18)28(33,34)35/h6-7,10-13,16,22,24H,5,8-9,14-15H2,1-4H3,(H,36,39)/t16?,22-,24-/m0/s1. The van der Waals surface area contributed by atoms with Gasteiger partial charge in [-0.25, -0.2) is 9.18 Å². The second kappa shape index (κ2) is 12.1. The van der Waals surface area contributed by atoms with Crippen molar-refractivity contribution in [3.63, 3.8) is 0 Å². The smallest absolute Gasteiger partial charge is 0.353 e. The summed E-state index contributed by atoms with van der Waals surface area (Å²) in [6.45, 7) is 5.00. The molecule has 1 aliphatic heterocycles. The molecule has 12 heteroatoms. The number of halogens is 7. The molecule has 1 fully saturated rings. The molecule has 0 saturated carbocycles. The molecule has 3 atom stereocenters. The van der Waals surface area contributed by atoms with E-state index in [1.165, 1.54) is 30.1 Å². The molecule has 3 amide bonds. The monoisotopic (exact) mass is 575 g/mol. The fraction of sp³-hybridized carbons (Fsp3) is 0.500. The van der Waals surface area contributed by atoms with E-state index in [1.807, 2.05) is 6.92 Å². The number of rotatable bonds is 6. The van der Waals surface area contributed by atoms with Crippen LogP contribution in [0.2, 0.25) is 0 Å². The van der Waals surface area contributed by atoms with E-state index in [2.05, 4.69) is 5.32 Å². The minimum atomic E-state index is -5.01. The number of likely N-dealkylation sites (tertiary alicyclic amines) is 1. The molecular weight excluding hydrogens is 543 g/mol. The van der Waals surface area contributed by atoms with E-state index in [4.69, 9.17) is 0 Å². The van der Waals surface area contributed by atoms with Crippen LogP contribution in [0, 0.1) is 18.7 Å². The summed E-state index contributed by atoms with van der Waals surface area (Å²) in [6.07, 6.45) is -8.69. The van der Waals surface area contributed by atoms with E-state index in [0.29, 0.717) is 42.5 Å². The molecule has 1 unspecified atom stereocenters. The Morgan fingerprint density at radius 2 is 1.65 bits per heavy atom. The Morgan fingerprint density at radius 3 is 2.17 bits per heavy atom. The van der Waals surface area contributed by atoms with Crippen LogP contribution in [0.15, 0.2) is 36.4 Å². The van der Waals surface area contributed by atoms with E-state index >= 15 is 0 Å². The van der Waals surface area contributed by atoms with Crippen LogP contribution in [0.5, 0.6) is 0 Å². The zero-order valence-electron chi connectivity index (χ0n) is 22.6. The van der Waals surface area contributed by atoms with Crippen molar-refractivity contribution in [3.8, 4) is 0 Å². The van der Waals surface area contributed by atoms with Crippen molar-refractivity contribution in [1.82, 2.24) is 15.1 Å². The van der Waals surface area contributed by atoms with Gasteiger partial charge in [0.25, 0.3) is 0 Å². The van der Waals surface area contributed by atoms with Crippen LogP contribution in [0.4, 0.5) is 35.5 Å². The van der Waals surface area contributed by atoms with Gasteiger partial charge in [0.05, 0.1) is 17.2 Å². The fourth-order valence-corrected chi connectivity index (χ4v) is 4.83. The van der Waals surface area contributed by atoms with Crippen molar-refractivity contribution in [2.24, 2.45) is 5.92 Å². The third-order valence-corrected chi connectivity index (χ3v) is 7.24. The first kappa shape index (κ1) is 31.2. The number of carbonyl (C=O) groups excluding carboxylic acids is 2. The SMILES string of the molecule is CCC(C)C(=O)N[C@H]1CCN(C(=O)N(C)Cc2cc(C(F)(F)F)cc(C(F)(F)F)c2)[C@H](c2ccc(F)cc2C)C1. The summed E-state index contributed by atoms with van der Waals surface area (Å²) in [6, 6.07) is 3.80. The summed E-state index contributed by atoms with van der Waals surface area (Å²) in [5.41, 5.74) is -2.06. The summed E-state index contributed by atoms with van der Waals surface area (Å²) >= 11 is 0. The van der Waals surface area contributed by atoms with Gasteiger partial charge in [0.1, 0.15) is 5.82 Å². The lowest BCUT2D eigenvalue weighted by atomic mass is 9.89. The van der Waals surface area contributed by atoms with Gasteiger partial charge in [-0.05, 0) is 73.2 Å². The van der Waals surface area contributed by atoms with Crippen LogP contribution < -0.4 is 5.32 Å². The van der Waals surface area contributed by atoms with Crippen molar-refractivity contribution >= 4 is 11.9 Å². The largest absolute Gasteiger partial charge is 0.416 e. The quantitative estimate of drug-likeness (QED) is 0.374. The fourth-order valence-electron chi connectivity index (χ4n) is 4.83. The molecule has 1 heterocycles. The van der Waals surface area contributed by atoms with E-state index in [0.717, 1.165) is 4.90 Å². The second-order valence-electron chi connectivity index (χ2n) is 10.3. The Kier molecular flexibility index (Phi) is 9.41. The van der Waals surface area contributed by atoms with E-state index in [-0.39, 0.29) is 36.0 Å². The van der Waals surface area contributed by atoms with E-state index < -0.39 is 47.9 Å². The molecule has 2 aromatic rings. The minimum Gasteiger partial charge on any atom is -0.353 e. The zero-order valence-corrected chi connectivity index (χ0v) is 22.6. The predicted octanol–water partition coefficient (Wildman–Crippen LogP) is 7.09. The van der Waals surface area contributed by atoms with Crippen LogP contribution in [-0.2, 0) is 23.7 Å². The molecule has 0 bridgehead atoms. The van der Waals surface area contributed by atoms with Gasteiger partial charge in [0.2, 0.25) is 5.91 Å². The lowest BCUT2D eigenvalue weighted by Gasteiger charge is -2.42. The van der Waals surface area contributed by atoms with Crippen molar-refractivity contribution in [2.45, 2.75) is 71.0 Å². The van der Waals surface area contributed by atoms with Crippen LogP contribution in [0.1, 0.15) is 67.0 Å². The van der Waals surface area contributed by atoms with Gasteiger partial charge in [-0.1, -0.05) is 19.9 Å². The van der Waals surface area contributed by atoms with E-state index in [9.17, 15) is 40.3 Å². The number of nitrogens with one attached hydrogen (secondary N) is 1.